The summed E-state index contributed by atoms with van der Waals surface area (Å²) in [4.78, 5) is 0.229. The van der Waals surface area contributed by atoms with E-state index >= 15 is 0 Å². The van der Waals surface area contributed by atoms with E-state index < -0.39 is 5.51 Å². The van der Waals surface area contributed by atoms with Crippen molar-refractivity contribution in [2.45, 2.75) is 16.8 Å². The average molecular weight is 281 g/mol. The van der Waals surface area contributed by atoms with Gasteiger partial charge in [0.25, 0.3) is 0 Å². The summed E-state index contributed by atoms with van der Waals surface area (Å²) in [5, 5.41) is 0. The van der Waals surface area contributed by atoms with E-state index in [0.29, 0.717) is 12.1 Å². The van der Waals surface area contributed by atoms with Crippen LogP contribution in [0.5, 0.6) is 0 Å². The lowest BCUT2D eigenvalue weighted by Crippen LogP contribution is -1.99. The third kappa shape index (κ3) is 2.42. The van der Waals surface area contributed by atoms with Crippen LogP contribution in [0.25, 0.3) is 11.1 Å². The Morgan fingerprint density at radius 1 is 0.947 bits per heavy atom. The van der Waals surface area contributed by atoms with Crippen molar-refractivity contribution in [3.63, 3.8) is 0 Å². The fourth-order valence-corrected chi connectivity index (χ4v) is 3.01. The number of thioether (sulfide) groups is 1. The molecular formula is C14H10F3NS. The molecule has 2 aromatic carbocycles. The van der Waals surface area contributed by atoms with Crippen molar-refractivity contribution in [1.29, 1.82) is 0 Å². The van der Waals surface area contributed by atoms with Gasteiger partial charge in [0, 0.05) is 10.6 Å². The van der Waals surface area contributed by atoms with Crippen molar-refractivity contribution >= 4 is 17.4 Å². The molecule has 1 aliphatic carbocycles. The average Bonchev–Trinajstić information content (AvgIpc) is 2.62. The second-order valence-electron chi connectivity index (χ2n) is 4.46. The lowest BCUT2D eigenvalue weighted by atomic mass is 10.1. The summed E-state index contributed by atoms with van der Waals surface area (Å²) in [6.45, 7) is 0. The summed E-state index contributed by atoms with van der Waals surface area (Å²) in [7, 11) is 0. The number of nitrogen functional groups attached to an aromatic ring is 1. The minimum Gasteiger partial charge on any atom is -0.399 e. The Hall–Kier alpha value is -1.62. The smallest absolute Gasteiger partial charge is 0.399 e. The second kappa shape index (κ2) is 4.20. The summed E-state index contributed by atoms with van der Waals surface area (Å²) >= 11 is -0.0761. The highest BCUT2D eigenvalue weighted by atomic mass is 32.2. The Morgan fingerprint density at radius 2 is 1.58 bits per heavy atom. The van der Waals surface area contributed by atoms with Crippen LogP contribution in [-0.2, 0) is 6.42 Å². The van der Waals surface area contributed by atoms with E-state index in [4.69, 9.17) is 5.73 Å². The lowest BCUT2D eigenvalue weighted by molar-refractivity contribution is -0.0328. The molecule has 0 radical (unpaired) electrons. The number of hydrogen-bond donors (Lipinski definition) is 1. The van der Waals surface area contributed by atoms with Gasteiger partial charge in [0.2, 0.25) is 0 Å². The van der Waals surface area contributed by atoms with Crippen LogP contribution in [0, 0.1) is 0 Å². The maximum Gasteiger partial charge on any atom is 0.446 e. The fraction of sp³-hybridized carbons (Fsp3) is 0.143. The highest BCUT2D eigenvalue weighted by molar-refractivity contribution is 8.00. The fourth-order valence-electron chi connectivity index (χ4n) is 2.40. The molecule has 98 valence electrons. The largest absolute Gasteiger partial charge is 0.446 e. The van der Waals surface area contributed by atoms with Crippen molar-refractivity contribution in [3.8, 4) is 11.1 Å². The molecule has 0 aliphatic heterocycles. The van der Waals surface area contributed by atoms with Crippen LogP contribution in [-0.4, -0.2) is 5.51 Å². The van der Waals surface area contributed by atoms with Crippen molar-refractivity contribution < 1.29 is 13.2 Å². The molecule has 0 spiro atoms. The van der Waals surface area contributed by atoms with Crippen LogP contribution in [0.1, 0.15) is 11.1 Å². The van der Waals surface area contributed by atoms with E-state index in [1.54, 1.807) is 12.1 Å². The predicted octanol–water partition coefficient (Wildman–Crippen LogP) is 4.45. The van der Waals surface area contributed by atoms with Gasteiger partial charge in [0.1, 0.15) is 0 Å². The van der Waals surface area contributed by atoms with Gasteiger partial charge in [0.05, 0.1) is 0 Å². The monoisotopic (exact) mass is 281 g/mol. The highest BCUT2D eigenvalue weighted by Crippen LogP contribution is 2.42. The van der Waals surface area contributed by atoms with E-state index in [-0.39, 0.29) is 16.7 Å². The molecule has 1 aliphatic rings. The van der Waals surface area contributed by atoms with Gasteiger partial charge in [-0.2, -0.15) is 13.2 Å². The van der Waals surface area contributed by atoms with Crippen molar-refractivity contribution in [1.82, 2.24) is 0 Å². The molecule has 0 unspecified atom stereocenters. The third-order valence-electron chi connectivity index (χ3n) is 3.11. The topological polar surface area (TPSA) is 26.0 Å². The number of fused-ring (bicyclic) bond motifs is 3. The molecule has 3 rings (SSSR count). The van der Waals surface area contributed by atoms with Crippen molar-refractivity contribution in [2.24, 2.45) is 0 Å². The zero-order valence-electron chi connectivity index (χ0n) is 9.79. The third-order valence-corrected chi connectivity index (χ3v) is 3.83. The Bertz CT molecular complexity index is 650. The summed E-state index contributed by atoms with van der Waals surface area (Å²) in [6.07, 6.45) is 0.641. The Labute approximate surface area is 112 Å². The quantitative estimate of drug-likeness (QED) is 0.526. The second-order valence-corrected chi connectivity index (χ2v) is 5.60. The summed E-state index contributed by atoms with van der Waals surface area (Å²) < 4.78 is 37.1. The maximum absolute atomic E-state index is 12.4. The molecule has 2 aromatic rings. The van der Waals surface area contributed by atoms with Gasteiger partial charge in [0.15, 0.2) is 0 Å². The SMILES string of the molecule is Nc1ccc2c(c1)Cc1cc(SC(F)(F)F)ccc1-2. The van der Waals surface area contributed by atoms with E-state index in [0.717, 1.165) is 22.3 Å². The van der Waals surface area contributed by atoms with Gasteiger partial charge in [-0.3, -0.25) is 0 Å². The number of nitrogens with two attached hydrogens (primary N) is 1. The zero-order valence-corrected chi connectivity index (χ0v) is 10.6. The van der Waals surface area contributed by atoms with Crippen molar-refractivity contribution in [3.05, 3.63) is 47.5 Å². The molecule has 1 nitrogen and oxygen atoms in total. The van der Waals surface area contributed by atoms with E-state index in [1.807, 2.05) is 18.2 Å². The molecular weight excluding hydrogens is 271 g/mol. The molecule has 2 N–H and O–H groups in total. The van der Waals surface area contributed by atoms with Gasteiger partial charge < -0.3 is 5.73 Å². The van der Waals surface area contributed by atoms with Gasteiger partial charge in [-0.1, -0.05) is 12.1 Å². The molecule has 0 atom stereocenters. The molecule has 0 heterocycles. The van der Waals surface area contributed by atoms with Crippen LogP contribution in [0.3, 0.4) is 0 Å². The van der Waals surface area contributed by atoms with Gasteiger partial charge in [-0.15, -0.1) is 0 Å². The molecule has 0 saturated heterocycles. The van der Waals surface area contributed by atoms with Crippen molar-refractivity contribution in [2.75, 3.05) is 5.73 Å². The summed E-state index contributed by atoms with van der Waals surface area (Å²) in [6, 6.07) is 10.5. The lowest BCUT2D eigenvalue weighted by Gasteiger charge is -2.07. The predicted molar refractivity (Wildman–Crippen MR) is 71.0 cm³/mol. The standard InChI is InChI=1S/C14H10F3NS/c15-14(16,17)19-11-2-4-13-9(7-11)5-8-6-10(18)1-3-12(8)13/h1-4,6-7H,5,18H2. The summed E-state index contributed by atoms with van der Waals surface area (Å²) in [5.74, 6) is 0. The first kappa shape index (κ1) is 12.4. The molecule has 19 heavy (non-hydrogen) atoms. The van der Waals surface area contributed by atoms with Crippen LogP contribution in [0.4, 0.5) is 18.9 Å². The van der Waals surface area contributed by atoms with Crippen LogP contribution in [0.2, 0.25) is 0 Å². The molecule has 5 heteroatoms. The maximum atomic E-state index is 12.4. The minimum atomic E-state index is -4.25. The van der Waals surface area contributed by atoms with Crippen LogP contribution in [0.15, 0.2) is 41.3 Å². The zero-order chi connectivity index (χ0) is 13.6. The minimum absolute atomic E-state index is 0.0761. The Kier molecular flexibility index (Phi) is 2.74. The normalized spacial score (nSPS) is 13.2. The van der Waals surface area contributed by atoms with Gasteiger partial charge in [-0.05, 0) is 64.7 Å². The molecule has 0 aromatic heterocycles. The van der Waals surface area contributed by atoms with E-state index in [9.17, 15) is 13.2 Å². The van der Waals surface area contributed by atoms with Gasteiger partial charge in [-0.25, -0.2) is 0 Å². The number of alkyl halides is 3. The molecule has 0 amide bonds. The summed E-state index contributed by atoms with van der Waals surface area (Å²) in [5.41, 5.74) is 6.22. The Morgan fingerprint density at radius 3 is 2.26 bits per heavy atom. The number of benzene rings is 2. The number of anilines is 1. The van der Waals surface area contributed by atoms with Crippen LogP contribution >= 0.6 is 11.8 Å². The Balaban J connectivity index is 1.98. The van der Waals surface area contributed by atoms with Crippen LogP contribution < -0.4 is 5.73 Å². The number of halogens is 3. The first-order valence-electron chi connectivity index (χ1n) is 5.70. The van der Waals surface area contributed by atoms with Gasteiger partial charge >= 0.3 is 5.51 Å². The highest BCUT2D eigenvalue weighted by Gasteiger charge is 2.30. The molecule has 0 fully saturated rings. The van der Waals surface area contributed by atoms with E-state index in [1.165, 1.54) is 6.07 Å². The number of hydrogen-bond acceptors (Lipinski definition) is 2. The number of rotatable bonds is 1. The van der Waals surface area contributed by atoms with E-state index in [2.05, 4.69) is 0 Å². The molecule has 0 saturated carbocycles. The molecule has 0 bridgehead atoms. The first-order valence-corrected chi connectivity index (χ1v) is 6.51. The first-order chi connectivity index (χ1) is 8.92.